The number of nitrogens with one attached hydrogen (secondary N) is 1. The summed E-state index contributed by atoms with van der Waals surface area (Å²) in [6, 6.07) is 13.6. The van der Waals surface area contributed by atoms with Crippen molar-refractivity contribution in [3.8, 4) is 0 Å². The van der Waals surface area contributed by atoms with E-state index >= 15 is 0 Å². The lowest BCUT2D eigenvalue weighted by atomic mass is 10.1. The molecule has 1 heterocycles. The maximum absolute atomic E-state index is 12.5. The average Bonchev–Trinajstić information content (AvgIpc) is 2.99. The van der Waals surface area contributed by atoms with Crippen LogP contribution in [0, 0.1) is 6.92 Å². The Morgan fingerprint density at radius 1 is 1.13 bits per heavy atom. The zero-order valence-electron chi connectivity index (χ0n) is 13.4. The molecule has 118 valence electrons. The third-order valence-electron chi connectivity index (χ3n) is 4.31. The molecule has 0 aromatic heterocycles. The van der Waals surface area contributed by atoms with Crippen molar-refractivity contribution in [1.29, 1.82) is 0 Å². The first-order chi connectivity index (χ1) is 11.1. The molecule has 1 aliphatic heterocycles. The van der Waals surface area contributed by atoms with Crippen LogP contribution < -0.4 is 10.2 Å². The van der Waals surface area contributed by atoms with Crippen LogP contribution in [0.25, 0.3) is 0 Å². The van der Waals surface area contributed by atoms with Crippen molar-refractivity contribution in [3.05, 3.63) is 59.2 Å². The summed E-state index contributed by atoms with van der Waals surface area (Å²) in [7, 11) is 0. The fraction of sp³-hybridized carbons (Fsp3) is 0.263. The number of benzene rings is 2. The van der Waals surface area contributed by atoms with Crippen molar-refractivity contribution in [2.75, 3.05) is 16.8 Å². The summed E-state index contributed by atoms with van der Waals surface area (Å²) in [4.78, 5) is 26.5. The van der Waals surface area contributed by atoms with Crippen molar-refractivity contribution in [2.24, 2.45) is 0 Å². The number of amides is 2. The maximum atomic E-state index is 12.5. The highest BCUT2D eigenvalue weighted by Gasteiger charge is 2.29. The van der Waals surface area contributed by atoms with E-state index in [2.05, 4.69) is 5.32 Å². The fourth-order valence-corrected chi connectivity index (χ4v) is 3.04. The number of rotatable bonds is 2. The number of aryl methyl sites for hydroxylation is 2. The number of fused-ring (bicyclic) bond motifs is 1. The van der Waals surface area contributed by atoms with Crippen LogP contribution >= 0.6 is 0 Å². The van der Waals surface area contributed by atoms with Gasteiger partial charge in [0.05, 0.1) is 0 Å². The molecule has 0 atom stereocenters. The third-order valence-corrected chi connectivity index (χ3v) is 4.31. The van der Waals surface area contributed by atoms with Gasteiger partial charge in [0.1, 0.15) is 0 Å². The number of para-hydroxylation sites is 2. The summed E-state index contributed by atoms with van der Waals surface area (Å²) in [6.07, 6.45) is 1.60. The first-order valence-electron chi connectivity index (χ1n) is 7.91. The molecule has 4 heteroatoms. The van der Waals surface area contributed by atoms with Gasteiger partial charge in [-0.05, 0) is 42.5 Å². The average molecular weight is 308 g/mol. The van der Waals surface area contributed by atoms with E-state index in [1.165, 1.54) is 0 Å². The molecule has 3 rings (SSSR count). The minimum Gasteiger partial charge on any atom is -0.317 e. The molecule has 0 saturated heterocycles. The molecule has 0 fully saturated rings. The van der Waals surface area contributed by atoms with Gasteiger partial charge in [-0.2, -0.15) is 0 Å². The largest absolute Gasteiger partial charge is 0.317 e. The third kappa shape index (κ3) is 2.84. The summed E-state index contributed by atoms with van der Waals surface area (Å²) >= 11 is 0. The van der Waals surface area contributed by atoms with E-state index in [-0.39, 0.29) is 0 Å². The van der Waals surface area contributed by atoms with Crippen molar-refractivity contribution in [2.45, 2.75) is 26.7 Å². The van der Waals surface area contributed by atoms with Crippen molar-refractivity contribution < 1.29 is 9.59 Å². The number of hydrogen-bond acceptors (Lipinski definition) is 2. The molecular formula is C19H20N2O2. The van der Waals surface area contributed by atoms with Crippen molar-refractivity contribution in [1.82, 2.24) is 0 Å². The number of nitrogens with zero attached hydrogens (tertiary/aromatic N) is 1. The molecular weight excluding hydrogens is 288 g/mol. The van der Waals surface area contributed by atoms with Crippen LogP contribution in [0.4, 0.5) is 11.4 Å². The van der Waals surface area contributed by atoms with Crippen LogP contribution in [0.5, 0.6) is 0 Å². The Kier molecular flexibility index (Phi) is 4.15. The lowest BCUT2D eigenvalue weighted by Gasteiger charge is -2.18. The normalized spacial score (nSPS) is 12.9. The molecule has 0 spiro atoms. The van der Waals surface area contributed by atoms with Gasteiger partial charge in [0.25, 0.3) is 0 Å². The van der Waals surface area contributed by atoms with Crippen molar-refractivity contribution >= 4 is 23.2 Å². The van der Waals surface area contributed by atoms with Gasteiger partial charge in [0, 0.05) is 17.9 Å². The van der Waals surface area contributed by atoms with E-state index in [1.807, 2.05) is 56.3 Å². The van der Waals surface area contributed by atoms with Gasteiger partial charge in [-0.25, -0.2) is 0 Å². The zero-order chi connectivity index (χ0) is 16.4. The van der Waals surface area contributed by atoms with E-state index in [0.717, 1.165) is 40.9 Å². The van der Waals surface area contributed by atoms with Gasteiger partial charge in [-0.1, -0.05) is 43.3 Å². The van der Waals surface area contributed by atoms with E-state index in [0.29, 0.717) is 6.54 Å². The van der Waals surface area contributed by atoms with Gasteiger partial charge in [0.15, 0.2) is 0 Å². The molecule has 2 aromatic rings. The Labute approximate surface area is 136 Å². The fourth-order valence-electron chi connectivity index (χ4n) is 3.04. The highest BCUT2D eigenvalue weighted by atomic mass is 16.2. The van der Waals surface area contributed by atoms with Gasteiger partial charge in [0.2, 0.25) is 0 Å². The van der Waals surface area contributed by atoms with E-state index in [1.54, 1.807) is 4.90 Å². The summed E-state index contributed by atoms with van der Waals surface area (Å²) < 4.78 is 0. The van der Waals surface area contributed by atoms with E-state index in [9.17, 15) is 9.59 Å². The minimum absolute atomic E-state index is 0.500. The predicted octanol–water partition coefficient (Wildman–Crippen LogP) is 3.09. The number of carbonyl (C=O) groups excluding carboxylic acids is 2. The topological polar surface area (TPSA) is 49.4 Å². The number of carbonyl (C=O) groups is 2. The first kappa shape index (κ1) is 15.3. The summed E-state index contributed by atoms with van der Waals surface area (Å²) in [6.45, 7) is 4.52. The Morgan fingerprint density at radius 2 is 1.91 bits per heavy atom. The quantitative estimate of drug-likeness (QED) is 0.867. The molecule has 4 nitrogen and oxygen atoms in total. The second-order valence-electron chi connectivity index (χ2n) is 5.75. The number of anilines is 2. The van der Waals surface area contributed by atoms with Crippen LogP contribution in [0.15, 0.2) is 42.5 Å². The molecule has 1 aliphatic rings. The van der Waals surface area contributed by atoms with Gasteiger partial charge in [-0.3, -0.25) is 9.59 Å². The molecule has 0 unspecified atom stereocenters. The molecule has 0 radical (unpaired) electrons. The van der Waals surface area contributed by atoms with Crippen molar-refractivity contribution in [3.63, 3.8) is 0 Å². The van der Waals surface area contributed by atoms with E-state index < -0.39 is 11.8 Å². The zero-order valence-corrected chi connectivity index (χ0v) is 13.4. The standard InChI is InChI=1S/C19H20N2O2/c1-3-14-9-6-7-13(2)17(14)20-18(22)19(23)21-12-11-15-8-4-5-10-16(15)21/h4-10H,3,11-12H2,1-2H3,(H,20,22). The molecule has 0 bridgehead atoms. The molecule has 2 amide bonds. The van der Waals surface area contributed by atoms with Gasteiger partial charge in [-0.15, -0.1) is 0 Å². The van der Waals surface area contributed by atoms with E-state index in [4.69, 9.17) is 0 Å². The Balaban J connectivity index is 1.81. The summed E-state index contributed by atoms with van der Waals surface area (Å²) in [5, 5.41) is 2.81. The second kappa shape index (κ2) is 6.24. The monoisotopic (exact) mass is 308 g/mol. The lowest BCUT2D eigenvalue weighted by Crippen LogP contribution is -2.39. The predicted molar refractivity (Wildman–Crippen MR) is 91.7 cm³/mol. The Morgan fingerprint density at radius 3 is 2.70 bits per heavy atom. The highest BCUT2D eigenvalue weighted by Crippen LogP contribution is 2.28. The lowest BCUT2D eigenvalue weighted by molar-refractivity contribution is -0.134. The molecule has 23 heavy (non-hydrogen) atoms. The van der Waals surface area contributed by atoms with Crippen LogP contribution in [0.3, 0.4) is 0 Å². The first-order valence-corrected chi connectivity index (χ1v) is 7.91. The summed E-state index contributed by atoms with van der Waals surface area (Å²) in [5.41, 5.74) is 4.70. The Hall–Kier alpha value is -2.62. The van der Waals surface area contributed by atoms with Gasteiger partial charge >= 0.3 is 11.8 Å². The van der Waals surface area contributed by atoms with Crippen LogP contribution in [-0.2, 0) is 22.4 Å². The molecule has 0 saturated carbocycles. The SMILES string of the molecule is CCc1cccc(C)c1NC(=O)C(=O)N1CCc2ccccc21. The number of hydrogen-bond donors (Lipinski definition) is 1. The van der Waals surface area contributed by atoms with Crippen LogP contribution in [0.1, 0.15) is 23.6 Å². The second-order valence-corrected chi connectivity index (χ2v) is 5.75. The molecule has 2 aromatic carbocycles. The smallest absolute Gasteiger partial charge is 0.316 e. The van der Waals surface area contributed by atoms with Gasteiger partial charge < -0.3 is 10.2 Å². The summed E-state index contributed by atoms with van der Waals surface area (Å²) in [5.74, 6) is -1.08. The maximum Gasteiger partial charge on any atom is 0.316 e. The highest BCUT2D eigenvalue weighted by molar-refractivity contribution is 6.44. The minimum atomic E-state index is -0.578. The van der Waals surface area contributed by atoms with Crippen LogP contribution in [-0.4, -0.2) is 18.4 Å². The molecule has 0 aliphatic carbocycles. The van der Waals surface area contributed by atoms with Crippen LogP contribution in [0.2, 0.25) is 0 Å². The molecule has 1 N–H and O–H groups in total. The Bertz CT molecular complexity index is 768.